The number of nitrogens with one attached hydrogen (secondary N) is 1. The van der Waals surface area contributed by atoms with Gasteiger partial charge in [0.15, 0.2) is 11.6 Å². The van der Waals surface area contributed by atoms with Crippen LogP contribution in [-0.2, 0) is 0 Å². The number of pyridine rings is 2. The molecule has 0 radical (unpaired) electrons. The highest BCUT2D eigenvalue weighted by molar-refractivity contribution is 6.34. The summed E-state index contributed by atoms with van der Waals surface area (Å²) < 4.78 is 38.7. The van der Waals surface area contributed by atoms with Crippen molar-refractivity contribution in [2.75, 3.05) is 28.2 Å². The first-order valence-corrected chi connectivity index (χ1v) is 10.1. The van der Waals surface area contributed by atoms with Crippen molar-refractivity contribution < 1.29 is 22.8 Å². The molecule has 2 bridgehead atoms. The van der Waals surface area contributed by atoms with Gasteiger partial charge in [-0.1, -0.05) is 24.6 Å². The van der Waals surface area contributed by atoms with E-state index in [1.165, 1.54) is 17.2 Å². The van der Waals surface area contributed by atoms with Gasteiger partial charge < -0.3 is 4.90 Å². The second-order valence-electron chi connectivity index (χ2n) is 7.64. The number of Topliss-reactive ketones (excluding diaryl/α,β-unsaturated/α-hetero) is 1. The monoisotopic (exact) mass is 453 g/mol. The molecule has 0 aliphatic carbocycles. The summed E-state index contributed by atoms with van der Waals surface area (Å²) in [6.45, 7) is 2.17. The van der Waals surface area contributed by atoms with Crippen LogP contribution in [0.25, 0.3) is 0 Å². The minimum atomic E-state index is -4.50. The standard InChI is InChI=1S/C20H19ClF3N5O2/c1-11(20(22,23)24)8-15(30)17-13(21)9-14-18(27-17)29(12-5-7-28(14)10-12)19(31)26-16-4-2-3-6-25-16/h2-4,6,9,11-12H,5,7-8,10H2,1H3,(H,25,26,31)/t11-,12-/m0/s1. The van der Waals surface area contributed by atoms with Crippen LogP contribution in [0.15, 0.2) is 30.5 Å². The number of nitrogens with zero attached hydrogens (tertiary/aromatic N) is 4. The molecule has 0 spiro atoms. The second-order valence-corrected chi connectivity index (χ2v) is 8.04. The Labute approximate surface area is 181 Å². The number of carbonyl (C=O) groups is 2. The van der Waals surface area contributed by atoms with Crippen molar-refractivity contribution in [3.05, 3.63) is 41.2 Å². The van der Waals surface area contributed by atoms with Gasteiger partial charge in [0.2, 0.25) is 0 Å². The molecule has 4 rings (SSSR count). The normalized spacial score (nSPS) is 18.5. The molecule has 2 amide bonds. The molecule has 2 aromatic rings. The van der Waals surface area contributed by atoms with E-state index < -0.39 is 30.3 Å². The number of hydrogen-bond acceptors (Lipinski definition) is 5. The maximum absolute atomic E-state index is 13.0. The van der Waals surface area contributed by atoms with Gasteiger partial charge in [0, 0.05) is 25.7 Å². The third-order valence-electron chi connectivity index (χ3n) is 5.47. The molecule has 1 N–H and O–H groups in total. The summed E-state index contributed by atoms with van der Waals surface area (Å²) in [7, 11) is 0. The molecule has 0 saturated carbocycles. The topological polar surface area (TPSA) is 78.4 Å². The summed E-state index contributed by atoms with van der Waals surface area (Å²) >= 11 is 6.23. The van der Waals surface area contributed by atoms with Crippen molar-refractivity contribution in [3.8, 4) is 0 Å². The zero-order valence-corrected chi connectivity index (χ0v) is 17.2. The summed E-state index contributed by atoms with van der Waals surface area (Å²) in [5.41, 5.74) is 0.296. The molecule has 7 nitrogen and oxygen atoms in total. The summed E-state index contributed by atoms with van der Waals surface area (Å²) in [5, 5.41) is 2.67. The third-order valence-corrected chi connectivity index (χ3v) is 5.76. The highest BCUT2D eigenvalue weighted by atomic mass is 35.5. The van der Waals surface area contributed by atoms with Gasteiger partial charge in [0.1, 0.15) is 11.5 Å². The number of alkyl halides is 3. The Hall–Kier alpha value is -2.88. The average Bonchev–Trinajstić information content (AvgIpc) is 3.13. The summed E-state index contributed by atoms with van der Waals surface area (Å²) in [6.07, 6.45) is -3.07. The van der Waals surface area contributed by atoms with E-state index in [1.54, 1.807) is 18.2 Å². The number of ketones is 1. The number of anilines is 3. The smallest absolute Gasteiger partial charge is 0.366 e. The largest absolute Gasteiger partial charge is 0.391 e. The van der Waals surface area contributed by atoms with Crippen LogP contribution in [0.4, 0.5) is 35.3 Å². The minimum Gasteiger partial charge on any atom is -0.366 e. The first kappa shape index (κ1) is 21.4. The zero-order chi connectivity index (χ0) is 22.3. The fourth-order valence-electron chi connectivity index (χ4n) is 3.78. The molecule has 31 heavy (non-hydrogen) atoms. The van der Waals surface area contributed by atoms with Gasteiger partial charge in [-0.15, -0.1) is 0 Å². The van der Waals surface area contributed by atoms with Crippen molar-refractivity contribution in [2.24, 2.45) is 5.92 Å². The molecule has 0 unspecified atom stereocenters. The van der Waals surface area contributed by atoms with E-state index in [0.29, 0.717) is 31.0 Å². The summed E-state index contributed by atoms with van der Waals surface area (Å²) in [6, 6.07) is 5.89. The molecule has 2 atom stereocenters. The highest BCUT2D eigenvalue weighted by Gasteiger charge is 2.42. The highest BCUT2D eigenvalue weighted by Crippen LogP contribution is 2.41. The lowest BCUT2D eigenvalue weighted by molar-refractivity contribution is -0.168. The third kappa shape index (κ3) is 4.16. The lowest BCUT2D eigenvalue weighted by Crippen LogP contribution is -2.48. The molecule has 2 aromatic heterocycles. The van der Waals surface area contributed by atoms with E-state index in [-0.39, 0.29) is 22.6 Å². The van der Waals surface area contributed by atoms with Crippen molar-refractivity contribution in [1.82, 2.24) is 9.97 Å². The minimum absolute atomic E-state index is 0.0337. The predicted molar refractivity (Wildman–Crippen MR) is 110 cm³/mol. The number of fused-ring (bicyclic) bond motifs is 4. The Bertz CT molecular complexity index is 1020. The number of rotatable bonds is 4. The van der Waals surface area contributed by atoms with Gasteiger partial charge >= 0.3 is 12.2 Å². The van der Waals surface area contributed by atoms with Crippen molar-refractivity contribution in [1.29, 1.82) is 0 Å². The van der Waals surface area contributed by atoms with Crippen LogP contribution in [0.5, 0.6) is 0 Å². The number of hydrogen-bond donors (Lipinski definition) is 1. The Balaban J connectivity index is 1.68. The molecule has 1 saturated heterocycles. The van der Waals surface area contributed by atoms with Gasteiger partial charge in [-0.3, -0.25) is 15.0 Å². The van der Waals surface area contributed by atoms with Crippen LogP contribution in [0.1, 0.15) is 30.3 Å². The Morgan fingerprint density at radius 1 is 1.35 bits per heavy atom. The quantitative estimate of drug-likeness (QED) is 0.688. The number of carbonyl (C=O) groups excluding carboxylic acids is 2. The van der Waals surface area contributed by atoms with Gasteiger partial charge in [0.05, 0.1) is 22.7 Å². The van der Waals surface area contributed by atoms with Crippen LogP contribution in [0.3, 0.4) is 0 Å². The van der Waals surface area contributed by atoms with Gasteiger partial charge in [-0.25, -0.2) is 14.8 Å². The van der Waals surface area contributed by atoms with E-state index in [4.69, 9.17) is 11.6 Å². The number of amides is 2. The van der Waals surface area contributed by atoms with Crippen molar-refractivity contribution in [3.63, 3.8) is 0 Å². The first-order valence-electron chi connectivity index (χ1n) is 9.72. The lowest BCUT2D eigenvalue weighted by Gasteiger charge is -2.36. The van der Waals surface area contributed by atoms with Gasteiger partial charge in [-0.2, -0.15) is 13.2 Å². The van der Waals surface area contributed by atoms with E-state index in [0.717, 1.165) is 6.92 Å². The van der Waals surface area contributed by atoms with E-state index >= 15 is 0 Å². The van der Waals surface area contributed by atoms with Crippen molar-refractivity contribution in [2.45, 2.75) is 32.0 Å². The van der Waals surface area contributed by atoms with Gasteiger partial charge in [-0.05, 0) is 24.6 Å². The predicted octanol–water partition coefficient (Wildman–Crippen LogP) is 4.53. The Morgan fingerprint density at radius 2 is 2.13 bits per heavy atom. The molecule has 2 aliphatic heterocycles. The zero-order valence-electron chi connectivity index (χ0n) is 16.5. The molecule has 11 heteroatoms. The number of urea groups is 1. The van der Waals surface area contributed by atoms with Crippen molar-refractivity contribution >= 4 is 40.7 Å². The van der Waals surface area contributed by atoms with Crippen LogP contribution < -0.4 is 15.1 Å². The molecular weight excluding hydrogens is 435 g/mol. The van der Waals surface area contributed by atoms with Crippen LogP contribution in [0.2, 0.25) is 5.02 Å². The maximum atomic E-state index is 13.0. The molecular formula is C20H19ClF3N5O2. The lowest BCUT2D eigenvalue weighted by atomic mass is 10.0. The molecule has 0 aromatic carbocycles. The summed E-state index contributed by atoms with van der Waals surface area (Å²) in [4.78, 5) is 37.4. The van der Waals surface area contributed by atoms with Crippen LogP contribution >= 0.6 is 11.6 Å². The van der Waals surface area contributed by atoms with E-state index in [2.05, 4.69) is 15.3 Å². The molecule has 164 valence electrons. The second kappa shape index (κ2) is 7.99. The van der Waals surface area contributed by atoms with Gasteiger partial charge in [0.25, 0.3) is 0 Å². The molecule has 1 fully saturated rings. The maximum Gasteiger partial charge on any atom is 0.391 e. The summed E-state index contributed by atoms with van der Waals surface area (Å²) in [5.74, 6) is -2.11. The Morgan fingerprint density at radius 3 is 2.81 bits per heavy atom. The van der Waals surface area contributed by atoms with Crippen LogP contribution in [0, 0.1) is 5.92 Å². The molecule has 4 heterocycles. The number of aromatic nitrogens is 2. The fourth-order valence-corrected chi connectivity index (χ4v) is 4.03. The van der Waals surface area contributed by atoms with E-state index in [9.17, 15) is 22.8 Å². The SMILES string of the molecule is C[C@@H](CC(=O)c1nc2c(cc1Cl)N1CC[C@@H](C1)N2C(=O)Nc1ccccn1)C(F)(F)F. The average molecular weight is 454 g/mol. The number of halogens is 4. The first-order chi connectivity index (χ1) is 14.6. The fraction of sp³-hybridized carbons (Fsp3) is 0.400. The molecule has 2 aliphatic rings. The van der Waals surface area contributed by atoms with E-state index in [1.807, 2.05) is 4.90 Å². The Kier molecular flexibility index (Phi) is 5.50. The van der Waals surface area contributed by atoms with Crippen LogP contribution in [-0.4, -0.2) is 47.1 Å².